The normalized spacial score (nSPS) is 9.62. The van der Waals surface area contributed by atoms with Crippen LogP contribution in [-0.2, 0) is 0 Å². The molecule has 2 nitrogen and oxygen atoms in total. The minimum absolute atomic E-state index is 0. The molecule has 0 bridgehead atoms. The highest BCUT2D eigenvalue weighted by atomic mass is 35.5. The van der Waals surface area contributed by atoms with Crippen LogP contribution in [0.1, 0.15) is 10.5 Å². The Balaban J connectivity index is 0.000000845. The molecule has 2 aromatic rings. The second-order valence-corrected chi connectivity index (χ2v) is 2.89. The second-order valence-electron chi connectivity index (χ2n) is 2.54. The van der Waals surface area contributed by atoms with Gasteiger partial charge in [0.05, 0.1) is 5.69 Å². The third-order valence-corrected chi connectivity index (χ3v) is 1.95. The van der Waals surface area contributed by atoms with Gasteiger partial charge >= 0.3 is 0 Å². The molecule has 0 aliphatic carbocycles. The molecule has 0 unspecified atom stereocenters. The molecule has 1 aromatic heterocycles. The van der Waals surface area contributed by atoms with Crippen LogP contribution in [0.25, 0.3) is 10.9 Å². The predicted octanol–water partition coefficient (Wildman–Crippen LogP) is 2.97. The monoisotopic (exact) mass is 215 g/mol. The largest absolute Gasteiger partial charge is 0.351 e. The highest BCUT2D eigenvalue weighted by Crippen LogP contribution is 2.15. The first-order valence-corrected chi connectivity index (χ1v) is 3.93. The van der Waals surface area contributed by atoms with E-state index < -0.39 is 5.24 Å². The van der Waals surface area contributed by atoms with E-state index in [0.717, 1.165) is 10.9 Å². The number of rotatable bonds is 1. The van der Waals surface area contributed by atoms with Gasteiger partial charge in [-0.05, 0) is 23.7 Å². The average Bonchev–Trinajstić information content (AvgIpc) is 2.46. The van der Waals surface area contributed by atoms with Crippen LogP contribution in [0.3, 0.4) is 0 Å². The maximum Gasteiger partial charge on any atom is 0.268 e. The summed E-state index contributed by atoms with van der Waals surface area (Å²) >= 11 is 5.30. The van der Waals surface area contributed by atoms with Crippen LogP contribution in [0.2, 0.25) is 0 Å². The van der Waals surface area contributed by atoms with Crippen molar-refractivity contribution in [2.45, 2.75) is 0 Å². The number of carbonyl (C=O) groups is 1. The SMILES string of the molecule is Cl.O=C(Cl)c1cc2ccccc2[nH]1. The number of para-hydroxylation sites is 1. The number of halogens is 2. The van der Waals surface area contributed by atoms with Crippen molar-refractivity contribution >= 4 is 40.2 Å². The summed E-state index contributed by atoms with van der Waals surface area (Å²) in [6.07, 6.45) is 0. The summed E-state index contributed by atoms with van der Waals surface area (Å²) in [6, 6.07) is 9.39. The maximum atomic E-state index is 10.7. The van der Waals surface area contributed by atoms with Crippen LogP contribution in [0.4, 0.5) is 0 Å². The molecule has 0 atom stereocenters. The van der Waals surface area contributed by atoms with Gasteiger partial charge < -0.3 is 4.98 Å². The predicted molar refractivity (Wildman–Crippen MR) is 55.7 cm³/mol. The molecular weight excluding hydrogens is 209 g/mol. The van der Waals surface area contributed by atoms with Crippen molar-refractivity contribution in [1.29, 1.82) is 0 Å². The van der Waals surface area contributed by atoms with Crippen molar-refractivity contribution in [2.24, 2.45) is 0 Å². The number of aromatic nitrogens is 1. The Morgan fingerprint density at radius 2 is 2.00 bits per heavy atom. The van der Waals surface area contributed by atoms with E-state index in [1.807, 2.05) is 24.3 Å². The summed E-state index contributed by atoms with van der Waals surface area (Å²) in [6.45, 7) is 0. The molecule has 0 aliphatic heterocycles. The van der Waals surface area contributed by atoms with E-state index >= 15 is 0 Å². The molecule has 0 fully saturated rings. The smallest absolute Gasteiger partial charge is 0.268 e. The number of carbonyl (C=O) groups excluding carboxylic acids is 1. The lowest BCUT2D eigenvalue weighted by Crippen LogP contribution is -1.85. The van der Waals surface area contributed by atoms with Crippen LogP contribution in [-0.4, -0.2) is 10.2 Å². The lowest BCUT2D eigenvalue weighted by molar-refractivity contribution is 0.107. The van der Waals surface area contributed by atoms with Gasteiger partial charge in [0.2, 0.25) is 0 Å². The van der Waals surface area contributed by atoms with Crippen LogP contribution in [0.15, 0.2) is 30.3 Å². The first-order chi connectivity index (χ1) is 5.77. The summed E-state index contributed by atoms with van der Waals surface area (Å²) < 4.78 is 0. The second kappa shape index (κ2) is 3.81. The Labute approximate surface area is 86.3 Å². The van der Waals surface area contributed by atoms with Gasteiger partial charge in [-0.1, -0.05) is 18.2 Å². The number of fused-ring (bicyclic) bond motifs is 1. The minimum Gasteiger partial charge on any atom is -0.351 e. The fraction of sp³-hybridized carbons (Fsp3) is 0. The van der Waals surface area contributed by atoms with Crippen molar-refractivity contribution in [3.63, 3.8) is 0 Å². The van der Waals surface area contributed by atoms with Crippen LogP contribution in [0.5, 0.6) is 0 Å². The van der Waals surface area contributed by atoms with E-state index in [0.29, 0.717) is 5.69 Å². The Morgan fingerprint density at radius 1 is 1.31 bits per heavy atom. The van der Waals surface area contributed by atoms with E-state index in [2.05, 4.69) is 4.98 Å². The number of aromatic amines is 1. The molecule has 0 saturated carbocycles. The number of hydrogen-bond acceptors (Lipinski definition) is 1. The van der Waals surface area contributed by atoms with Crippen LogP contribution < -0.4 is 0 Å². The third-order valence-electron chi connectivity index (χ3n) is 1.74. The molecule has 0 spiro atoms. The summed E-state index contributed by atoms with van der Waals surface area (Å²) in [5, 5.41) is 0.549. The third kappa shape index (κ3) is 1.85. The van der Waals surface area contributed by atoms with Gasteiger partial charge in [-0.15, -0.1) is 12.4 Å². The van der Waals surface area contributed by atoms with Gasteiger partial charge in [-0.2, -0.15) is 0 Å². The summed E-state index contributed by atoms with van der Waals surface area (Å²) in [5.41, 5.74) is 1.37. The van der Waals surface area contributed by atoms with E-state index in [9.17, 15) is 4.79 Å². The molecule has 1 heterocycles. The maximum absolute atomic E-state index is 10.7. The summed E-state index contributed by atoms with van der Waals surface area (Å²) in [7, 11) is 0. The molecule has 1 N–H and O–H groups in total. The fourth-order valence-corrected chi connectivity index (χ4v) is 1.28. The topological polar surface area (TPSA) is 32.9 Å². The van der Waals surface area contributed by atoms with Gasteiger partial charge in [-0.25, -0.2) is 0 Å². The molecule has 2 rings (SSSR count). The van der Waals surface area contributed by atoms with Crippen molar-refractivity contribution in [3.05, 3.63) is 36.0 Å². The lowest BCUT2D eigenvalue weighted by Gasteiger charge is -1.84. The van der Waals surface area contributed by atoms with Crippen molar-refractivity contribution in [2.75, 3.05) is 0 Å². The standard InChI is InChI=1S/C9H6ClNO.ClH/c10-9(12)8-5-6-3-1-2-4-7(6)11-8;/h1-5,11H;1H. The molecule has 13 heavy (non-hydrogen) atoms. The zero-order valence-electron chi connectivity index (χ0n) is 6.58. The Morgan fingerprint density at radius 3 is 2.62 bits per heavy atom. The Bertz CT molecular complexity index is 403. The van der Waals surface area contributed by atoms with E-state index in [1.54, 1.807) is 6.07 Å². The summed E-state index contributed by atoms with van der Waals surface area (Å²) in [4.78, 5) is 13.7. The van der Waals surface area contributed by atoms with Gasteiger partial charge in [0.15, 0.2) is 0 Å². The highest BCUT2D eigenvalue weighted by Gasteiger charge is 2.04. The van der Waals surface area contributed by atoms with E-state index in [4.69, 9.17) is 11.6 Å². The molecule has 4 heteroatoms. The first-order valence-electron chi connectivity index (χ1n) is 3.55. The van der Waals surface area contributed by atoms with E-state index in [1.165, 1.54) is 0 Å². The number of benzene rings is 1. The van der Waals surface area contributed by atoms with Crippen LogP contribution in [0, 0.1) is 0 Å². The number of hydrogen-bond donors (Lipinski definition) is 1. The molecule has 0 aliphatic rings. The Kier molecular flexibility index (Phi) is 2.96. The van der Waals surface area contributed by atoms with E-state index in [-0.39, 0.29) is 12.4 Å². The van der Waals surface area contributed by atoms with Gasteiger partial charge in [-0.3, -0.25) is 4.79 Å². The molecule has 68 valence electrons. The summed E-state index contributed by atoms with van der Waals surface area (Å²) in [5.74, 6) is 0. The quantitative estimate of drug-likeness (QED) is 0.730. The zero-order chi connectivity index (χ0) is 8.55. The van der Waals surface area contributed by atoms with Gasteiger partial charge in [0, 0.05) is 10.9 Å². The van der Waals surface area contributed by atoms with Gasteiger partial charge in [0.1, 0.15) is 0 Å². The Hall–Kier alpha value is -0.990. The zero-order valence-corrected chi connectivity index (χ0v) is 8.15. The minimum atomic E-state index is -0.453. The molecular formula is C9H7Cl2NO. The van der Waals surface area contributed by atoms with Crippen molar-refractivity contribution < 1.29 is 4.79 Å². The fourth-order valence-electron chi connectivity index (χ4n) is 1.18. The molecule has 1 aromatic carbocycles. The first kappa shape index (κ1) is 10.1. The van der Waals surface area contributed by atoms with Crippen molar-refractivity contribution in [1.82, 2.24) is 4.98 Å². The molecule has 0 amide bonds. The molecule has 0 radical (unpaired) electrons. The highest BCUT2D eigenvalue weighted by molar-refractivity contribution is 6.67. The molecule has 0 saturated heterocycles. The van der Waals surface area contributed by atoms with Crippen LogP contribution >= 0.6 is 24.0 Å². The van der Waals surface area contributed by atoms with Crippen molar-refractivity contribution in [3.8, 4) is 0 Å². The average molecular weight is 216 g/mol. The lowest BCUT2D eigenvalue weighted by atomic mass is 10.2. The van der Waals surface area contributed by atoms with Gasteiger partial charge in [0.25, 0.3) is 5.24 Å². The number of H-pyrrole nitrogens is 1. The number of nitrogens with one attached hydrogen (secondary N) is 1.